The largest absolute Gasteiger partial charge is 0.352 e. The molecule has 0 saturated carbocycles. The molecule has 1 heterocycles. The number of hydrogen-bond donors (Lipinski definition) is 1. The molecule has 0 fully saturated rings. The van der Waals surface area contributed by atoms with Gasteiger partial charge in [-0.05, 0) is 17.9 Å². The zero-order valence-electron chi connectivity index (χ0n) is 16.5. The fourth-order valence-corrected chi connectivity index (χ4v) is 3.09. The minimum Gasteiger partial charge on any atom is -0.352 e. The molecule has 0 unspecified atom stereocenters. The lowest BCUT2D eigenvalue weighted by atomic mass is 9.95. The molecular weight excluding hydrogens is 350 g/mol. The number of benzene rings is 2. The number of carbonyl (C=O) groups excluding carboxylic acids is 1. The lowest BCUT2D eigenvalue weighted by Crippen LogP contribution is -2.35. The number of aryl methyl sites for hydroxylation is 1. The lowest BCUT2D eigenvalue weighted by Gasteiger charge is -2.16. The monoisotopic (exact) mass is 375 g/mol. The average Bonchev–Trinajstić information content (AvgIpc) is 2.70. The van der Waals surface area contributed by atoms with Crippen LogP contribution in [-0.2, 0) is 7.05 Å². The second-order valence-electron chi connectivity index (χ2n) is 7.20. The quantitative estimate of drug-likeness (QED) is 0.711. The van der Waals surface area contributed by atoms with E-state index in [0.29, 0.717) is 23.7 Å². The van der Waals surface area contributed by atoms with Crippen LogP contribution in [0.1, 0.15) is 30.6 Å². The first kappa shape index (κ1) is 19.5. The van der Waals surface area contributed by atoms with Crippen molar-refractivity contribution in [2.24, 2.45) is 13.0 Å². The van der Waals surface area contributed by atoms with Gasteiger partial charge in [0.15, 0.2) is 0 Å². The zero-order valence-corrected chi connectivity index (χ0v) is 16.5. The van der Waals surface area contributed by atoms with Crippen LogP contribution < -0.4 is 10.9 Å². The molecule has 0 bridgehead atoms. The third-order valence-corrected chi connectivity index (χ3v) is 4.59. The van der Waals surface area contributed by atoms with Gasteiger partial charge < -0.3 is 5.32 Å². The Morgan fingerprint density at radius 2 is 1.57 bits per heavy atom. The Morgan fingerprint density at radius 3 is 2.14 bits per heavy atom. The van der Waals surface area contributed by atoms with E-state index in [4.69, 9.17) is 0 Å². The smallest absolute Gasteiger partial charge is 0.280 e. The van der Waals surface area contributed by atoms with E-state index < -0.39 is 5.56 Å². The first-order chi connectivity index (χ1) is 13.5. The van der Waals surface area contributed by atoms with Gasteiger partial charge in [-0.1, -0.05) is 74.5 Å². The number of carbonyl (C=O) groups is 1. The van der Waals surface area contributed by atoms with Gasteiger partial charge in [-0.15, -0.1) is 0 Å². The van der Waals surface area contributed by atoms with E-state index in [-0.39, 0.29) is 11.5 Å². The molecule has 0 saturated heterocycles. The van der Waals surface area contributed by atoms with E-state index in [0.717, 1.165) is 17.5 Å². The van der Waals surface area contributed by atoms with Crippen LogP contribution in [0, 0.1) is 5.92 Å². The van der Waals surface area contributed by atoms with Crippen molar-refractivity contribution >= 4 is 5.91 Å². The van der Waals surface area contributed by atoms with Crippen LogP contribution in [0.15, 0.2) is 65.5 Å². The minimum atomic E-state index is -0.402. The summed E-state index contributed by atoms with van der Waals surface area (Å²) in [6.45, 7) is 4.72. The van der Waals surface area contributed by atoms with Gasteiger partial charge >= 0.3 is 0 Å². The number of amides is 1. The molecule has 28 heavy (non-hydrogen) atoms. The molecule has 1 amide bonds. The Hall–Kier alpha value is -3.21. The molecule has 0 aliphatic carbocycles. The summed E-state index contributed by atoms with van der Waals surface area (Å²) in [5.74, 6) is 0.105. The minimum absolute atomic E-state index is 0.131. The first-order valence-corrected chi connectivity index (χ1v) is 9.49. The number of nitrogens with one attached hydrogen (secondary N) is 1. The number of nitrogens with zero attached hydrogens (tertiary/aromatic N) is 2. The molecule has 144 valence electrons. The van der Waals surface area contributed by atoms with Gasteiger partial charge in [0.1, 0.15) is 5.56 Å². The van der Waals surface area contributed by atoms with Crippen molar-refractivity contribution < 1.29 is 4.79 Å². The molecule has 5 heteroatoms. The third kappa shape index (κ3) is 4.19. The highest BCUT2D eigenvalue weighted by atomic mass is 16.2. The first-order valence-electron chi connectivity index (χ1n) is 9.49. The van der Waals surface area contributed by atoms with Crippen LogP contribution >= 0.6 is 0 Å². The molecule has 0 atom stereocenters. The van der Waals surface area contributed by atoms with Crippen molar-refractivity contribution in [3.05, 3.63) is 76.6 Å². The summed E-state index contributed by atoms with van der Waals surface area (Å²) in [5, 5.41) is 7.40. The number of hydrogen-bond acceptors (Lipinski definition) is 3. The van der Waals surface area contributed by atoms with E-state index in [1.54, 1.807) is 7.05 Å². The Balaban J connectivity index is 2.21. The SMILES string of the molecule is CC(C)CCNC(=O)c1c(-c2ccccc2)c(-c2ccccc2)nn(C)c1=O. The molecule has 3 rings (SSSR count). The van der Waals surface area contributed by atoms with Gasteiger partial charge in [-0.2, -0.15) is 5.10 Å². The van der Waals surface area contributed by atoms with Gasteiger partial charge in [0, 0.05) is 24.7 Å². The summed E-state index contributed by atoms with van der Waals surface area (Å²) in [4.78, 5) is 25.9. The van der Waals surface area contributed by atoms with E-state index in [1.165, 1.54) is 4.68 Å². The molecule has 1 aromatic heterocycles. The van der Waals surface area contributed by atoms with Crippen molar-refractivity contribution in [3.63, 3.8) is 0 Å². The fourth-order valence-electron chi connectivity index (χ4n) is 3.09. The van der Waals surface area contributed by atoms with Crippen LogP contribution in [-0.4, -0.2) is 22.2 Å². The highest BCUT2D eigenvalue weighted by molar-refractivity contribution is 6.03. The van der Waals surface area contributed by atoms with Crippen molar-refractivity contribution in [1.82, 2.24) is 15.1 Å². The van der Waals surface area contributed by atoms with Crippen molar-refractivity contribution in [2.75, 3.05) is 6.54 Å². The summed E-state index contributed by atoms with van der Waals surface area (Å²) in [6, 6.07) is 19.1. The molecular formula is C23H25N3O2. The standard InChI is InChI=1S/C23H25N3O2/c1-16(2)14-15-24-22(27)20-19(17-10-6-4-7-11-17)21(25-26(3)23(20)28)18-12-8-5-9-13-18/h4-13,16H,14-15H2,1-3H3,(H,24,27). The number of aromatic nitrogens is 2. The van der Waals surface area contributed by atoms with Gasteiger partial charge in [0.25, 0.3) is 11.5 Å². The third-order valence-electron chi connectivity index (χ3n) is 4.59. The molecule has 0 radical (unpaired) electrons. The molecule has 2 aromatic carbocycles. The fraction of sp³-hybridized carbons (Fsp3) is 0.261. The maximum absolute atomic E-state index is 13.0. The molecule has 0 spiro atoms. The van der Waals surface area contributed by atoms with Crippen LogP contribution in [0.5, 0.6) is 0 Å². The van der Waals surface area contributed by atoms with Crippen molar-refractivity contribution in [2.45, 2.75) is 20.3 Å². The van der Waals surface area contributed by atoms with Crippen LogP contribution in [0.3, 0.4) is 0 Å². The lowest BCUT2D eigenvalue weighted by molar-refractivity contribution is 0.0950. The summed E-state index contributed by atoms with van der Waals surface area (Å²) >= 11 is 0. The van der Waals surface area contributed by atoms with Crippen LogP contribution in [0.2, 0.25) is 0 Å². The average molecular weight is 375 g/mol. The molecule has 0 aliphatic heterocycles. The van der Waals surface area contributed by atoms with E-state index in [2.05, 4.69) is 24.3 Å². The second-order valence-corrected chi connectivity index (χ2v) is 7.20. The molecule has 5 nitrogen and oxygen atoms in total. The van der Waals surface area contributed by atoms with E-state index in [1.807, 2.05) is 60.7 Å². The van der Waals surface area contributed by atoms with Crippen molar-refractivity contribution in [1.29, 1.82) is 0 Å². The predicted molar refractivity (Wildman–Crippen MR) is 112 cm³/mol. The maximum Gasteiger partial charge on any atom is 0.280 e. The molecule has 1 N–H and O–H groups in total. The highest BCUT2D eigenvalue weighted by Crippen LogP contribution is 2.31. The van der Waals surface area contributed by atoms with E-state index in [9.17, 15) is 9.59 Å². The van der Waals surface area contributed by atoms with Crippen molar-refractivity contribution in [3.8, 4) is 22.4 Å². The number of rotatable bonds is 6. The highest BCUT2D eigenvalue weighted by Gasteiger charge is 2.24. The van der Waals surface area contributed by atoms with Gasteiger partial charge in [0.2, 0.25) is 0 Å². The molecule has 3 aromatic rings. The summed E-state index contributed by atoms with van der Waals surface area (Å²) in [6.07, 6.45) is 0.851. The normalized spacial score (nSPS) is 10.9. The topological polar surface area (TPSA) is 64.0 Å². The van der Waals surface area contributed by atoms with Crippen LogP contribution in [0.25, 0.3) is 22.4 Å². The van der Waals surface area contributed by atoms with E-state index >= 15 is 0 Å². The summed E-state index contributed by atoms with van der Waals surface area (Å²) < 4.78 is 1.24. The van der Waals surface area contributed by atoms with Gasteiger partial charge in [0.05, 0.1) is 5.69 Å². The predicted octanol–water partition coefficient (Wildman–Crippen LogP) is 3.89. The molecule has 0 aliphatic rings. The van der Waals surface area contributed by atoms with Gasteiger partial charge in [-0.25, -0.2) is 4.68 Å². The summed E-state index contributed by atoms with van der Waals surface area (Å²) in [5.41, 5.74) is 2.56. The summed E-state index contributed by atoms with van der Waals surface area (Å²) in [7, 11) is 1.58. The zero-order chi connectivity index (χ0) is 20.1. The Labute approximate surface area is 165 Å². The Bertz CT molecular complexity index is 1010. The Kier molecular flexibility index (Phi) is 6.04. The van der Waals surface area contributed by atoms with Gasteiger partial charge in [-0.3, -0.25) is 9.59 Å². The maximum atomic E-state index is 13.0. The second kappa shape index (κ2) is 8.65. The Morgan fingerprint density at radius 1 is 1.00 bits per heavy atom. The van der Waals surface area contributed by atoms with Crippen LogP contribution in [0.4, 0.5) is 0 Å².